The molecule has 0 heterocycles. The Kier molecular flexibility index (Phi) is 10.2. The fourth-order valence-electron chi connectivity index (χ4n) is 0.535. The molecule has 0 aliphatic carbocycles. The van der Waals surface area contributed by atoms with Crippen molar-refractivity contribution in [2.75, 3.05) is 12.4 Å². The minimum atomic E-state index is -0.188. The molecule has 0 saturated carbocycles. The molecule has 5 heteroatoms. The van der Waals surface area contributed by atoms with E-state index in [1.165, 1.54) is 0 Å². The second-order valence-corrected chi connectivity index (χ2v) is 7.21. The summed E-state index contributed by atoms with van der Waals surface area (Å²) in [6, 6.07) is 0. The summed E-state index contributed by atoms with van der Waals surface area (Å²) in [5.74, 6) is 0.774. The van der Waals surface area contributed by atoms with Crippen molar-refractivity contribution in [3.8, 4) is 0 Å². The minimum Gasteiger partial charge on any atom is -0.395 e. The molecule has 0 bridgehead atoms. The molecule has 0 aromatic rings. The lowest BCUT2D eigenvalue weighted by Crippen LogP contribution is -2.07. The van der Waals surface area contributed by atoms with E-state index in [0.29, 0.717) is 5.25 Å². The topological polar surface area (TPSA) is 40.5 Å². The average Bonchev–Trinajstić information content (AvgIpc) is 2.18. The molecule has 2 N–H and O–H groups in total. The van der Waals surface area contributed by atoms with Gasteiger partial charge in [0.15, 0.2) is 0 Å². The number of hydrogen-bond acceptors (Lipinski definition) is 5. The van der Waals surface area contributed by atoms with Gasteiger partial charge in [-0.2, -0.15) is 0 Å². The monoisotopic (exact) mass is 242 g/mol. The highest BCUT2D eigenvalue weighted by Gasteiger charge is 2.06. The van der Waals surface area contributed by atoms with Gasteiger partial charge in [0, 0.05) is 11.0 Å². The van der Waals surface area contributed by atoms with Crippen LogP contribution < -0.4 is 0 Å². The van der Waals surface area contributed by atoms with Crippen molar-refractivity contribution < 1.29 is 10.2 Å². The van der Waals surface area contributed by atoms with Crippen molar-refractivity contribution >= 4 is 31.4 Å². The maximum atomic E-state index is 9.24. The Morgan fingerprint density at radius 1 is 1.23 bits per heavy atom. The van der Waals surface area contributed by atoms with Gasteiger partial charge in [-0.3, -0.25) is 0 Å². The summed E-state index contributed by atoms with van der Waals surface area (Å²) in [6.45, 7) is 4.29. The van der Waals surface area contributed by atoms with Gasteiger partial charge >= 0.3 is 0 Å². The van der Waals surface area contributed by atoms with Gasteiger partial charge in [-0.05, 0) is 22.7 Å². The van der Waals surface area contributed by atoms with E-state index < -0.39 is 0 Å². The molecule has 13 heavy (non-hydrogen) atoms. The molecule has 0 rings (SSSR count). The van der Waals surface area contributed by atoms with E-state index in [-0.39, 0.29) is 12.7 Å². The van der Waals surface area contributed by atoms with Crippen LogP contribution in [-0.4, -0.2) is 33.9 Å². The van der Waals surface area contributed by atoms with Gasteiger partial charge in [0.05, 0.1) is 12.7 Å². The quantitative estimate of drug-likeness (QED) is 0.506. The van der Waals surface area contributed by atoms with Gasteiger partial charge < -0.3 is 10.2 Å². The summed E-state index contributed by atoms with van der Waals surface area (Å²) in [7, 11) is 5.02. The van der Waals surface area contributed by atoms with Crippen LogP contribution in [-0.2, 0) is 0 Å². The molecule has 2 unspecified atom stereocenters. The fourth-order valence-corrected chi connectivity index (χ4v) is 5.08. The van der Waals surface area contributed by atoms with Crippen molar-refractivity contribution in [2.24, 2.45) is 0 Å². The van der Waals surface area contributed by atoms with Crippen LogP contribution in [0.3, 0.4) is 0 Å². The fraction of sp³-hybridized carbons (Fsp3) is 1.00. The van der Waals surface area contributed by atoms with Gasteiger partial charge in [-0.25, -0.2) is 0 Å². The first kappa shape index (κ1) is 14.0. The van der Waals surface area contributed by atoms with Gasteiger partial charge in [0.1, 0.15) is 0 Å². The van der Waals surface area contributed by atoms with Crippen molar-refractivity contribution in [2.45, 2.75) is 38.0 Å². The highest BCUT2D eigenvalue weighted by Crippen LogP contribution is 2.38. The first-order valence-corrected chi connectivity index (χ1v) is 8.19. The van der Waals surface area contributed by atoms with E-state index in [4.69, 9.17) is 5.11 Å². The van der Waals surface area contributed by atoms with Crippen molar-refractivity contribution in [3.63, 3.8) is 0 Å². The van der Waals surface area contributed by atoms with Crippen LogP contribution in [0.1, 0.15) is 26.7 Å². The van der Waals surface area contributed by atoms with Crippen LogP contribution in [0.5, 0.6) is 0 Å². The molecule has 80 valence electrons. The third kappa shape index (κ3) is 8.00. The number of hydrogen-bond donors (Lipinski definition) is 2. The number of aliphatic hydroxyl groups is 2. The molecular weight excluding hydrogens is 224 g/mol. The molecule has 0 aromatic carbocycles. The molecule has 0 radical (unpaired) electrons. The van der Waals surface area contributed by atoms with Crippen LogP contribution in [0.2, 0.25) is 0 Å². The van der Waals surface area contributed by atoms with E-state index in [0.717, 1.165) is 18.6 Å². The van der Waals surface area contributed by atoms with Gasteiger partial charge in [-0.1, -0.05) is 35.4 Å². The molecular formula is C8H18O2S3. The second kappa shape index (κ2) is 9.52. The number of aliphatic hydroxyl groups excluding tert-OH is 2. The normalized spacial score (nSPS) is 15.7. The van der Waals surface area contributed by atoms with Crippen molar-refractivity contribution in [1.29, 1.82) is 0 Å². The molecule has 0 aliphatic heterocycles. The average molecular weight is 242 g/mol. The largest absolute Gasteiger partial charge is 0.395 e. The van der Waals surface area contributed by atoms with Gasteiger partial charge in [0.25, 0.3) is 0 Å². The van der Waals surface area contributed by atoms with Crippen LogP contribution in [0, 0.1) is 0 Å². The Morgan fingerprint density at radius 2 is 1.92 bits per heavy atom. The lowest BCUT2D eigenvalue weighted by molar-refractivity contribution is 0.195. The molecule has 2 nitrogen and oxygen atoms in total. The molecule has 0 aliphatic rings. The smallest absolute Gasteiger partial charge is 0.0636 e. The summed E-state index contributed by atoms with van der Waals surface area (Å²) in [6.07, 6.45) is 1.62. The van der Waals surface area contributed by atoms with E-state index in [2.05, 4.69) is 6.92 Å². The van der Waals surface area contributed by atoms with Crippen molar-refractivity contribution in [3.05, 3.63) is 0 Å². The maximum absolute atomic E-state index is 9.24. The summed E-state index contributed by atoms with van der Waals surface area (Å²) < 4.78 is 0. The van der Waals surface area contributed by atoms with Gasteiger partial charge in [0.2, 0.25) is 0 Å². The Morgan fingerprint density at radius 3 is 2.38 bits per heavy atom. The predicted molar refractivity (Wildman–Crippen MR) is 65.1 cm³/mol. The second-order valence-electron chi connectivity index (χ2n) is 2.72. The summed E-state index contributed by atoms with van der Waals surface area (Å²) in [5.41, 5.74) is 0. The third-order valence-electron chi connectivity index (χ3n) is 1.61. The van der Waals surface area contributed by atoms with E-state index in [1.807, 2.05) is 6.92 Å². The zero-order valence-corrected chi connectivity index (χ0v) is 10.6. The van der Waals surface area contributed by atoms with E-state index >= 15 is 0 Å². The first-order valence-electron chi connectivity index (χ1n) is 4.48. The Hall–Kier alpha value is 0.970. The van der Waals surface area contributed by atoms with Crippen LogP contribution in [0.25, 0.3) is 0 Å². The maximum Gasteiger partial charge on any atom is 0.0636 e. The van der Waals surface area contributed by atoms with Crippen LogP contribution in [0.4, 0.5) is 0 Å². The molecule has 2 atom stereocenters. The summed E-state index contributed by atoms with van der Waals surface area (Å²) in [5, 5.41) is 18.5. The van der Waals surface area contributed by atoms with Crippen molar-refractivity contribution in [1.82, 2.24) is 0 Å². The number of rotatable bonds is 8. The molecule has 0 saturated heterocycles. The molecule has 0 spiro atoms. The highest BCUT2D eigenvalue weighted by atomic mass is 33.5. The molecule has 0 aromatic heterocycles. The summed E-state index contributed by atoms with van der Waals surface area (Å²) in [4.78, 5) is 0. The highest BCUT2D eigenvalue weighted by molar-refractivity contribution is 9.09. The van der Waals surface area contributed by atoms with Gasteiger partial charge in [-0.15, -0.1) is 0 Å². The first-order chi connectivity index (χ1) is 6.24. The van der Waals surface area contributed by atoms with Crippen LogP contribution >= 0.6 is 31.4 Å². The Labute approximate surface area is 92.1 Å². The Bertz CT molecular complexity index is 110. The zero-order chi connectivity index (χ0) is 10.1. The third-order valence-corrected chi connectivity index (χ3v) is 6.39. The molecule has 0 fully saturated rings. The van der Waals surface area contributed by atoms with Crippen LogP contribution in [0.15, 0.2) is 0 Å². The lowest BCUT2D eigenvalue weighted by atomic mass is 10.3. The Balaban J connectivity index is 3.23. The summed E-state index contributed by atoms with van der Waals surface area (Å²) >= 11 is 0. The standard InChI is InChI=1S/C8H18O2S3/c1-3-7(10)6-11-13-12-8(4-2)5-9/h7-10H,3-6H2,1-2H3. The minimum absolute atomic E-state index is 0.188. The zero-order valence-electron chi connectivity index (χ0n) is 8.10. The SMILES string of the molecule is CCC(O)CSSSC(CC)CO. The molecule has 0 amide bonds. The predicted octanol–water partition coefficient (Wildman–Crippen LogP) is 2.56. The van der Waals surface area contributed by atoms with E-state index in [1.54, 1.807) is 31.4 Å². The lowest BCUT2D eigenvalue weighted by Gasteiger charge is -2.10. The van der Waals surface area contributed by atoms with E-state index in [9.17, 15) is 5.11 Å².